The van der Waals surface area contributed by atoms with E-state index in [2.05, 4.69) is 22.3 Å². The summed E-state index contributed by atoms with van der Waals surface area (Å²) in [4.78, 5) is 4.29. The number of aromatic nitrogens is 3. The molecule has 0 saturated carbocycles. The Morgan fingerprint density at radius 3 is 2.96 bits per heavy atom. The number of nitrogens with one attached hydrogen (secondary N) is 1. The molecule has 3 rings (SSSR count). The van der Waals surface area contributed by atoms with Crippen LogP contribution in [0.5, 0.6) is 0 Å². The Hall–Kier alpha value is -2.08. The largest absolute Gasteiger partial charge is 0.467 e. The topological polar surface area (TPSA) is 55.4 Å². The van der Waals surface area contributed by atoms with E-state index in [1.54, 1.807) is 17.7 Å². The Labute approximate surface area is 144 Å². The molecule has 0 radical (unpaired) electrons. The number of nitrogens with zero attached hydrogens (tertiary/aromatic N) is 3. The zero-order chi connectivity index (χ0) is 17.1. The van der Waals surface area contributed by atoms with E-state index in [9.17, 15) is 4.39 Å². The highest BCUT2D eigenvalue weighted by atomic mass is 35.5. The van der Waals surface area contributed by atoms with Crippen molar-refractivity contribution in [2.75, 3.05) is 5.32 Å². The number of alkyl halides is 1. The van der Waals surface area contributed by atoms with Crippen LogP contribution in [0.3, 0.4) is 0 Å². The van der Waals surface area contributed by atoms with Crippen LogP contribution in [0.1, 0.15) is 37.3 Å². The first-order chi connectivity index (χ1) is 11.6. The third-order valence-corrected chi connectivity index (χ3v) is 4.11. The zero-order valence-electron chi connectivity index (χ0n) is 13.7. The van der Waals surface area contributed by atoms with Gasteiger partial charge in [-0.2, -0.15) is 4.98 Å². The number of furan rings is 1. The van der Waals surface area contributed by atoms with Crippen LogP contribution in [0, 0.1) is 0 Å². The first-order valence-corrected chi connectivity index (χ1v) is 8.43. The van der Waals surface area contributed by atoms with Gasteiger partial charge in [-0.1, -0.05) is 6.92 Å². The molecule has 3 aromatic heterocycles. The summed E-state index contributed by atoms with van der Waals surface area (Å²) in [5.74, 6) is 1.44. The molecule has 1 N–H and O–H groups in total. The van der Waals surface area contributed by atoms with E-state index < -0.39 is 6.17 Å². The van der Waals surface area contributed by atoms with Gasteiger partial charge in [0, 0.05) is 5.69 Å². The summed E-state index contributed by atoms with van der Waals surface area (Å²) in [5.41, 5.74) is 2.96. The van der Waals surface area contributed by atoms with E-state index in [0.717, 1.165) is 29.0 Å². The first-order valence-electron chi connectivity index (χ1n) is 8.05. The van der Waals surface area contributed by atoms with Crippen molar-refractivity contribution in [3.8, 4) is 0 Å². The lowest BCUT2D eigenvalue weighted by atomic mass is 10.1. The number of hydrogen-bond acceptors (Lipinski definition) is 4. The SMILES string of the molecule is CCc1c(CCC(C)F)cc2c(NCc3ccco3)nc(Cl)nn12. The first kappa shape index (κ1) is 16.8. The van der Waals surface area contributed by atoms with Gasteiger partial charge in [0.2, 0.25) is 5.28 Å². The molecule has 1 unspecified atom stereocenters. The normalized spacial score (nSPS) is 12.7. The number of fused-ring (bicyclic) bond motifs is 1. The molecule has 0 aliphatic rings. The highest BCUT2D eigenvalue weighted by molar-refractivity contribution is 6.28. The van der Waals surface area contributed by atoms with Crippen molar-refractivity contribution in [1.29, 1.82) is 0 Å². The maximum atomic E-state index is 13.2. The van der Waals surface area contributed by atoms with E-state index in [1.165, 1.54) is 0 Å². The third kappa shape index (κ3) is 3.53. The average Bonchev–Trinajstić information content (AvgIpc) is 3.17. The average molecular weight is 351 g/mol. The summed E-state index contributed by atoms with van der Waals surface area (Å²) in [6.45, 7) is 4.13. The highest BCUT2D eigenvalue weighted by Crippen LogP contribution is 2.25. The second-order valence-electron chi connectivity index (χ2n) is 5.75. The minimum Gasteiger partial charge on any atom is -0.467 e. The third-order valence-electron chi connectivity index (χ3n) is 3.95. The number of rotatable bonds is 7. The fraction of sp³-hybridized carbons (Fsp3) is 0.412. The van der Waals surface area contributed by atoms with Crippen LogP contribution in [0.4, 0.5) is 10.2 Å². The lowest BCUT2D eigenvalue weighted by molar-refractivity contribution is 0.341. The van der Waals surface area contributed by atoms with Crippen LogP contribution in [-0.2, 0) is 19.4 Å². The smallest absolute Gasteiger partial charge is 0.243 e. The molecule has 0 fully saturated rings. The van der Waals surface area contributed by atoms with Crippen LogP contribution >= 0.6 is 11.6 Å². The van der Waals surface area contributed by atoms with Crippen molar-refractivity contribution in [1.82, 2.24) is 14.6 Å². The van der Waals surface area contributed by atoms with Gasteiger partial charge in [-0.15, -0.1) is 5.10 Å². The predicted octanol–water partition coefficient (Wildman–Crippen LogP) is 4.44. The van der Waals surface area contributed by atoms with Crippen LogP contribution in [0.2, 0.25) is 5.28 Å². The number of anilines is 1. The van der Waals surface area contributed by atoms with Crippen molar-refractivity contribution in [3.63, 3.8) is 0 Å². The van der Waals surface area contributed by atoms with Crippen LogP contribution in [0.15, 0.2) is 28.9 Å². The molecule has 0 aliphatic heterocycles. The van der Waals surface area contributed by atoms with Gasteiger partial charge >= 0.3 is 0 Å². The Balaban J connectivity index is 1.96. The molecular weight excluding hydrogens is 331 g/mol. The Kier molecular flexibility index (Phi) is 5.04. The minimum absolute atomic E-state index is 0.167. The zero-order valence-corrected chi connectivity index (χ0v) is 14.5. The van der Waals surface area contributed by atoms with E-state index in [-0.39, 0.29) is 5.28 Å². The molecule has 7 heteroatoms. The Morgan fingerprint density at radius 2 is 2.29 bits per heavy atom. The van der Waals surface area contributed by atoms with E-state index >= 15 is 0 Å². The van der Waals surface area contributed by atoms with Crippen molar-refractivity contribution in [3.05, 3.63) is 46.8 Å². The molecule has 24 heavy (non-hydrogen) atoms. The van der Waals surface area contributed by atoms with Gasteiger partial charge < -0.3 is 9.73 Å². The molecule has 5 nitrogen and oxygen atoms in total. The summed E-state index contributed by atoms with van der Waals surface area (Å²) in [6, 6.07) is 5.74. The Bertz CT molecular complexity index is 814. The lowest BCUT2D eigenvalue weighted by Crippen LogP contribution is -2.07. The van der Waals surface area contributed by atoms with Gasteiger partial charge in [0.1, 0.15) is 11.3 Å². The van der Waals surface area contributed by atoms with Gasteiger partial charge in [-0.25, -0.2) is 8.91 Å². The van der Waals surface area contributed by atoms with Crippen LogP contribution in [0.25, 0.3) is 5.52 Å². The van der Waals surface area contributed by atoms with Crippen LogP contribution < -0.4 is 5.32 Å². The second-order valence-corrected chi connectivity index (χ2v) is 6.09. The molecule has 0 aromatic carbocycles. The van der Waals surface area contributed by atoms with E-state index in [1.807, 2.05) is 18.2 Å². The standard InChI is InChI=1S/C17H20ClFN4O/c1-3-14-12(7-6-11(2)19)9-15-16(21-17(18)22-23(14)15)20-10-13-5-4-8-24-13/h4-5,8-9,11H,3,6-7,10H2,1-2H3,(H,20,21,22). The Morgan fingerprint density at radius 1 is 1.46 bits per heavy atom. The van der Waals surface area contributed by atoms with Gasteiger partial charge in [0.25, 0.3) is 0 Å². The fourth-order valence-electron chi connectivity index (χ4n) is 2.79. The van der Waals surface area contributed by atoms with Crippen molar-refractivity contribution < 1.29 is 8.81 Å². The molecule has 0 saturated heterocycles. The fourth-order valence-corrected chi connectivity index (χ4v) is 2.95. The highest BCUT2D eigenvalue weighted by Gasteiger charge is 2.16. The molecule has 0 amide bonds. The molecule has 0 spiro atoms. The van der Waals surface area contributed by atoms with Crippen molar-refractivity contribution >= 4 is 22.9 Å². The summed E-state index contributed by atoms with van der Waals surface area (Å²) in [5, 5.41) is 7.72. The minimum atomic E-state index is -0.830. The quantitative estimate of drug-likeness (QED) is 0.684. The van der Waals surface area contributed by atoms with Gasteiger partial charge in [0.05, 0.1) is 19.0 Å². The molecular formula is C17H20ClFN4O. The van der Waals surface area contributed by atoms with Gasteiger partial charge in [0.15, 0.2) is 5.82 Å². The summed E-state index contributed by atoms with van der Waals surface area (Å²) in [7, 11) is 0. The van der Waals surface area contributed by atoms with Crippen molar-refractivity contribution in [2.45, 2.75) is 45.8 Å². The lowest BCUT2D eigenvalue weighted by Gasteiger charge is -2.07. The van der Waals surface area contributed by atoms with E-state index in [4.69, 9.17) is 16.0 Å². The number of halogens is 2. The van der Waals surface area contributed by atoms with Gasteiger partial charge in [-0.3, -0.25) is 0 Å². The molecule has 0 bridgehead atoms. The maximum absolute atomic E-state index is 13.2. The summed E-state index contributed by atoms with van der Waals surface area (Å²) < 4.78 is 20.3. The molecule has 0 aliphatic carbocycles. The molecule has 3 aromatic rings. The second kappa shape index (κ2) is 7.21. The van der Waals surface area contributed by atoms with Crippen LogP contribution in [-0.4, -0.2) is 20.8 Å². The molecule has 3 heterocycles. The summed E-state index contributed by atoms with van der Waals surface area (Å²) in [6.07, 6.45) is 2.74. The van der Waals surface area contributed by atoms with E-state index in [0.29, 0.717) is 25.2 Å². The van der Waals surface area contributed by atoms with Crippen molar-refractivity contribution in [2.24, 2.45) is 0 Å². The number of aryl methyl sites for hydroxylation is 2. The molecule has 128 valence electrons. The maximum Gasteiger partial charge on any atom is 0.243 e. The number of hydrogen-bond donors (Lipinski definition) is 1. The monoisotopic (exact) mass is 350 g/mol. The molecule has 1 atom stereocenters. The van der Waals surface area contributed by atoms with Gasteiger partial charge in [-0.05, 0) is 61.5 Å². The summed E-state index contributed by atoms with van der Waals surface area (Å²) >= 11 is 6.08. The predicted molar refractivity (Wildman–Crippen MR) is 92.3 cm³/mol.